The second kappa shape index (κ2) is 13.0. The molecule has 2 aromatic rings. The van der Waals surface area contributed by atoms with Crippen LogP contribution in [0.1, 0.15) is 76.7 Å². The fourth-order valence-electron chi connectivity index (χ4n) is 8.74. The van der Waals surface area contributed by atoms with E-state index in [4.69, 9.17) is 9.47 Å². The minimum Gasteiger partial charge on any atom is -0.426 e. The molecule has 5 aliphatic carbocycles. The summed E-state index contributed by atoms with van der Waals surface area (Å²) in [5.74, 6) is 2.05. The molecule has 4 atom stereocenters. The first kappa shape index (κ1) is 30.6. The van der Waals surface area contributed by atoms with Gasteiger partial charge >= 0.3 is 11.9 Å². The maximum Gasteiger partial charge on any atom is 0.336 e. The van der Waals surface area contributed by atoms with Gasteiger partial charge in [0.05, 0.1) is 23.4 Å². The van der Waals surface area contributed by atoms with Gasteiger partial charge in [-0.05, 0) is 129 Å². The second-order valence-electron chi connectivity index (χ2n) is 14.2. The topological polar surface area (TPSA) is 90.0 Å². The van der Waals surface area contributed by atoms with Crippen molar-refractivity contribution in [3.8, 4) is 11.5 Å². The third-order valence-corrected chi connectivity index (χ3v) is 11.4. The largest absolute Gasteiger partial charge is 0.426 e. The molecule has 6 aliphatic rings. The Hall–Kier alpha value is -4.00. The highest BCUT2D eigenvalue weighted by Crippen LogP contribution is 2.50. The SMILES string of the molecule is CC1CCC(C2CCC(C(=O)Oc3ccc(/C=C/C(=O)Oc4ccc(N5C(=O)C6C7C=CC(CC7)C6C5=O)cc4)cc3)CC2)CC1. The number of amides is 2. The third-order valence-electron chi connectivity index (χ3n) is 11.4. The van der Waals surface area contributed by atoms with Gasteiger partial charge in [-0.2, -0.15) is 0 Å². The number of fused-ring (bicyclic) bond motifs is 1. The number of hydrogen-bond acceptors (Lipinski definition) is 6. The van der Waals surface area contributed by atoms with Gasteiger partial charge in [-0.15, -0.1) is 0 Å². The first-order valence-electron chi connectivity index (χ1n) is 17.2. The van der Waals surface area contributed by atoms with Crippen LogP contribution in [0.3, 0.4) is 0 Å². The predicted molar refractivity (Wildman–Crippen MR) is 175 cm³/mol. The van der Waals surface area contributed by atoms with Crippen molar-refractivity contribution in [2.45, 2.75) is 71.1 Å². The van der Waals surface area contributed by atoms with Gasteiger partial charge in [0.2, 0.25) is 11.8 Å². The molecule has 0 radical (unpaired) electrons. The van der Waals surface area contributed by atoms with Crippen LogP contribution >= 0.6 is 0 Å². The van der Waals surface area contributed by atoms with Gasteiger partial charge in [-0.1, -0.05) is 44.1 Å². The minimum atomic E-state index is -0.552. The first-order chi connectivity index (χ1) is 22.3. The highest BCUT2D eigenvalue weighted by Gasteiger charge is 2.56. The van der Waals surface area contributed by atoms with Crippen LogP contribution in [-0.4, -0.2) is 23.8 Å². The minimum absolute atomic E-state index is 0.0323. The van der Waals surface area contributed by atoms with E-state index < -0.39 is 5.97 Å². The van der Waals surface area contributed by atoms with Crippen LogP contribution in [0, 0.1) is 47.3 Å². The lowest BCUT2D eigenvalue weighted by Crippen LogP contribution is -2.38. The van der Waals surface area contributed by atoms with E-state index in [1.54, 1.807) is 54.6 Å². The van der Waals surface area contributed by atoms with E-state index in [0.29, 0.717) is 17.2 Å². The molecule has 1 heterocycles. The summed E-state index contributed by atoms with van der Waals surface area (Å²) < 4.78 is 11.2. The number of esters is 2. The van der Waals surface area contributed by atoms with Gasteiger partial charge in [0.25, 0.3) is 0 Å². The number of imide groups is 1. The monoisotopic (exact) mass is 621 g/mol. The van der Waals surface area contributed by atoms with Crippen LogP contribution < -0.4 is 14.4 Å². The van der Waals surface area contributed by atoms with Crippen molar-refractivity contribution in [1.29, 1.82) is 0 Å². The second-order valence-corrected chi connectivity index (χ2v) is 14.2. The van der Waals surface area contributed by atoms with Crippen molar-refractivity contribution in [1.82, 2.24) is 0 Å². The number of hydrogen-bond donors (Lipinski definition) is 0. The molecular weight excluding hydrogens is 578 g/mol. The lowest BCUT2D eigenvalue weighted by molar-refractivity contribution is -0.140. The molecule has 7 nitrogen and oxygen atoms in total. The average Bonchev–Trinajstić information content (AvgIpc) is 3.37. The number of benzene rings is 2. The molecule has 7 heteroatoms. The van der Waals surface area contributed by atoms with Crippen LogP contribution in [0.5, 0.6) is 11.5 Å². The molecule has 0 spiro atoms. The summed E-state index contributed by atoms with van der Waals surface area (Å²) in [5.41, 5.74) is 1.27. The molecule has 46 heavy (non-hydrogen) atoms. The van der Waals surface area contributed by atoms with E-state index in [-0.39, 0.29) is 47.4 Å². The normalized spacial score (nSPS) is 32.1. The van der Waals surface area contributed by atoms with Crippen molar-refractivity contribution < 1.29 is 28.7 Å². The number of carbonyl (C=O) groups is 4. The molecule has 4 unspecified atom stereocenters. The van der Waals surface area contributed by atoms with Gasteiger partial charge in [0, 0.05) is 6.08 Å². The molecule has 2 amide bonds. The Balaban J connectivity index is 0.876. The van der Waals surface area contributed by atoms with Gasteiger partial charge in [-0.3, -0.25) is 19.3 Å². The Kier molecular flexibility index (Phi) is 8.67. The molecule has 2 bridgehead atoms. The molecular formula is C39H43NO6. The fraction of sp³-hybridized carbons (Fsp3) is 0.487. The lowest BCUT2D eigenvalue weighted by Gasteiger charge is -2.38. The van der Waals surface area contributed by atoms with E-state index in [1.807, 2.05) is 0 Å². The highest BCUT2D eigenvalue weighted by atomic mass is 16.5. The zero-order valence-corrected chi connectivity index (χ0v) is 26.5. The van der Waals surface area contributed by atoms with Crippen LogP contribution in [0.25, 0.3) is 6.08 Å². The van der Waals surface area contributed by atoms with Crippen molar-refractivity contribution in [3.63, 3.8) is 0 Å². The van der Waals surface area contributed by atoms with Crippen molar-refractivity contribution in [3.05, 3.63) is 72.3 Å². The first-order valence-corrected chi connectivity index (χ1v) is 17.2. The summed E-state index contributed by atoms with van der Waals surface area (Å²) in [4.78, 5) is 53.0. The van der Waals surface area contributed by atoms with Gasteiger partial charge < -0.3 is 9.47 Å². The quantitative estimate of drug-likeness (QED) is 0.104. The number of nitrogens with zero attached hydrogens (tertiary/aromatic N) is 1. The zero-order chi connectivity index (χ0) is 31.8. The van der Waals surface area contributed by atoms with Crippen LogP contribution in [0.15, 0.2) is 66.8 Å². The predicted octanol–water partition coefficient (Wildman–Crippen LogP) is 7.55. The van der Waals surface area contributed by atoms with Crippen LogP contribution in [0.4, 0.5) is 5.69 Å². The van der Waals surface area contributed by atoms with Crippen molar-refractivity contribution >= 4 is 35.5 Å². The number of rotatable bonds is 7. The molecule has 1 saturated heterocycles. The molecule has 0 aromatic heterocycles. The van der Waals surface area contributed by atoms with Crippen LogP contribution in [0.2, 0.25) is 0 Å². The number of allylic oxidation sites excluding steroid dienone is 2. The third kappa shape index (κ3) is 6.21. The Labute approximate surface area is 271 Å². The van der Waals surface area contributed by atoms with Crippen molar-refractivity contribution in [2.24, 2.45) is 47.3 Å². The molecule has 0 N–H and O–H groups in total. The summed E-state index contributed by atoms with van der Waals surface area (Å²) in [5, 5.41) is 0. The maximum atomic E-state index is 13.2. The summed E-state index contributed by atoms with van der Waals surface area (Å²) in [6.45, 7) is 2.36. The average molecular weight is 622 g/mol. The summed E-state index contributed by atoms with van der Waals surface area (Å²) in [7, 11) is 0. The van der Waals surface area contributed by atoms with Crippen molar-refractivity contribution in [2.75, 3.05) is 4.90 Å². The molecule has 3 saturated carbocycles. The molecule has 240 valence electrons. The van der Waals surface area contributed by atoms with Gasteiger partial charge in [-0.25, -0.2) is 4.79 Å². The standard InChI is InChI=1S/C39H43NO6/c1-24-2-7-26(8-3-24)27-9-15-30(16-10-27)39(44)46-33-19-4-25(5-20-33)6-23-34(41)45-32-21-17-31(18-22-32)40-37(42)35-28-11-12-29(14-13-28)36(35)38(40)43/h4-6,11-12,17-24,26-30,35-36H,2-3,7-10,13-16H2,1H3/b23-6+. The molecule has 2 aromatic carbocycles. The Morgan fingerprint density at radius 1 is 0.674 bits per heavy atom. The Morgan fingerprint density at radius 3 is 1.76 bits per heavy atom. The Morgan fingerprint density at radius 2 is 1.20 bits per heavy atom. The van der Waals surface area contributed by atoms with Gasteiger partial charge in [0.1, 0.15) is 11.5 Å². The van der Waals surface area contributed by atoms with E-state index in [9.17, 15) is 19.2 Å². The molecule has 8 rings (SSSR count). The molecule has 1 aliphatic heterocycles. The maximum absolute atomic E-state index is 13.2. The highest BCUT2D eigenvalue weighted by molar-refractivity contribution is 6.22. The number of ether oxygens (including phenoxy) is 2. The zero-order valence-electron chi connectivity index (χ0n) is 26.5. The van der Waals surface area contributed by atoms with E-state index in [2.05, 4.69) is 19.1 Å². The summed E-state index contributed by atoms with van der Waals surface area (Å²) in [6, 6.07) is 13.6. The number of anilines is 1. The van der Waals surface area contributed by atoms with E-state index >= 15 is 0 Å². The van der Waals surface area contributed by atoms with Crippen LogP contribution in [-0.2, 0) is 19.2 Å². The summed E-state index contributed by atoms with van der Waals surface area (Å²) in [6.07, 6.45) is 18.5. The molecule has 4 fully saturated rings. The lowest BCUT2D eigenvalue weighted by atomic mass is 9.63. The number of carbonyl (C=O) groups excluding carboxylic acids is 4. The fourth-order valence-corrected chi connectivity index (χ4v) is 8.74. The van der Waals surface area contributed by atoms with E-state index in [0.717, 1.165) is 61.8 Å². The smallest absolute Gasteiger partial charge is 0.336 e. The van der Waals surface area contributed by atoms with E-state index in [1.165, 1.54) is 36.7 Å². The van der Waals surface area contributed by atoms with Gasteiger partial charge in [0.15, 0.2) is 0 Å². The summed E-state index contributed by atoms with van der Waals surface area (Å²) >= 11 is 0. The Bertz CT molecular complexity index is 1490.